The van der Waals surface area contributed by atoms with Crippen LogP contribution in [0.1, 0.15) is 31.2 Å². The number of rotatable bonds is 11. The molecule has 3 aromatic rings. The van der Waals surface area contributed by atoms with Crippen LogP contribution in [-0.4, -0.2) is 62.2 Å². The maximum absolute atomic E-state index is 13.3. The molecule has 0 bridgehead atoms. The largest absolute Gasteiger partial charge is 0.504 e. The predicted molar refractivity (Wildman–Crippen MR) is 152 cm³/mol. The SMILES string of the molecule is CCN(CC1OC(=O)C(C(c2cccc(NS(=O)(=O)c3cccnc3)c2)C2CC2)=C(O)C1=O)S(=O)(=O)c1ccccc1. The van der Waals surface area contributed by atoms with Crippen molar-refractivity contribution in [3.05, 3.63) is 96.0 Å². The Morgan fingerprint density at radius 1 is 1.00 bits per heavy atom. The summed E-state index contributed by atoms with van der Waals surface area (Å²) < 4.78 is 60.9. The van der Waals surface area contributed by atoms with E-state index in [0.29, 0.717) is 5.56 Å². The average Bonchev–Trinajstić information content (AvgIpc) is 3.82. The molecule has 2 aliphatic rings. The lowest BCUT2D eigenvalue weighted by atomic mass is 9.84. The van der Waals surface area contributed by atoms with E-state index in [1.165, 1.54) is 36.7 Å². The number of sulfonamides is 2. The highest BCUT2D eigenvalue weighted by molar-refractivity contribution is 7.92. The lowest BCUT2D eigenvalue weighted by Crippen LogP contribution is -2.46. The Hall–Kier alpha value is -4.07. The summed E-state index contributed by atoms with van der Waals surface area (Å²) in [6, 6.07) is 17.0. The van der Waals surface area contributed by atoms with Gasteiger partial charge in [-0.05, 0) is 60.7 Å². The lowest BCUT2D eigenvalue weighted by molar-refractivity contribution is -0.155. The molecule has 1 aromatic heterocycles. The molecule has 0 saturated heterocycles. The molecule has 0 amide bonds. The number of aliphatic hydroxyl groups is 1. The minimum atomic E-state index is -3.99. The van der Waals surface area contributed by atoms with Gasteiger partial charge in [-0.15, -0.1) is 0 Å². The van der Waals surface area contributed by atoms with E-state index in [2.05, 4.69) is 9.71 Å². The van der Waals surface area contributed by atoms with Crippen LogP contribution in [0.4, 0.5) is 5.69 Å². The highest BCUT2D eigenvalue weighted by Gasteiger charge is 2.46. The quantitative estimate of drug-likeness (QED) is 0.310. The van der Waals surface area contributed by atoms with E-state index in [1.807, 2.05) is 0 Å². The number of ether oxygens (including phenoxy) is 1. The van der Waals surface area contributed by atoms with Gasteiger partial charge in [-0.2, -0.15) is 4.31 Å². The Kier molecular flexibility index (Phi) is 8.17. The average molecular weight is 612 g/mol. The Morgan fingerprint density at radius 2 is 1.71 bits per heavy atom. The summed E-state index contributed by atoms with van der Waals surface area (Å²) in [6.07, 6.45) is 2.58. The summed E-state index contributed by atoms with van der Waals surface area (Å²) in [5.41, 5.74) is 0.510. The summed E-state index contributed by atoms with van der Waals surface area (Å²) in [4.78, 5) is 30.4. The molecular weight excluding hydrogens is 582 g/mol. The third-order valence-corrected chi connectivity index (χ3v) is 10.5. The van der Waals surface area contributed by atoms with Gasteiger partial charge in [0.25, 0.3) is 10.0 Å². The maximum atomic E-state index is 13.3. The number of Topliss-reactive ketones (excluding diaryl/α,β-unsaturated/α-hetero) is 1. The van der Waals surface area contributed by atoms with Crippen LogP contribution in [0.5, 0.6) is 0 Å². The molecule has 2 heterocycles. The summed E-state index contributed by atoms with van der Waals surface area (Å²) >= 11 is 0. The van der Waals surface area contributed by atoms with Gasteiger partial charge in [-0.3, -0.25) is 14.5 Å². The van der Waals surface area contributed by atoms with Gasteiger partial charge in [-0.25, -0.2) is 21.6 Å². The second-order valence-corrected chi connectivity index (χ2v) is 13.6. The highest BCUT2D eigenvalue weighted by Crippen LogP contribution is 2.48. The summed E-state index contributed by atoms with van der Waals surface area (Å²) in [5, 5.41) is 11.0. The highest BCUT2D eigenvalue weighted by atomic mass is 32.2. The minimum Gasteiger partial charge on any atom is -0.504 e. The van der Waals surface area contributed by atoms with Crippen LogP contribution in [0.2, 0.25) is 0 Å². The Morgan fingerprint density at radius 3 is 2.36 bits per heavy atom. The zero-order valence-corrected chi connectivity index (χ0v) is 24.2. The van der Waals surface area contributed by atoms with Gasteiger partial charge in [-0.1, -0.05) is 37.3 Å². The van der Waals surface area contributed by atoms with Crippen molar-refractivity contribution in [1.82, 2.24) is 9.29 Å². The second kappa shape index (κ2) is 11.7. The first-order chi connectivity index (χ1) is 20.0. The number of aromatic nitrogens is 1. The first kappa shape index (κ1) is 29.4. The number of cyclic esters (lactones) is 1. The van der Waals surface area contributed by atoms with Crippen LogP contribution in [-0.2, 0) is 34.4 Å². The van der Waals surface area contributed by atoms with Gasteiger partial charge in [0.15, 0.2) is 11.9 Å². The third-order valence-electron chi connectivity index (χ3n) is 7.20. The molecule has 13 heteroatoms. The smallest absolute Gasteiger partial charge is 0.339 e. The molecule has 5 rings (SSSR count). The zero-order valence-electron chi connectivity index (χ0n) is 22.6. The molecule has 1 fully saturated rings. The van der Waals surface area contributed by atoms with Crippen molar-refractivity contribution >= 4 is 37.5 Å². The zero-order chi connectivity index (χ0) is 30.1. The third kappa shape index (κ3) is 5.94. The van der Waals surface area contributed by atoms with E-state index in [9.17, 15) is 31.5 Å². The van der Waals surface area contributed by atoms with Crippen LogP contribution in [0, 0.1) is 5.92 Å². The summed E-state index contributed by atoms with van der Waals surface area (Å²) in [7, 11) is -7.94. The Labute approximate surface area is 244 Å². The maximum Gasteiger partial charge on any atom is 0.339 e. The van der Waals surface area contributed by atoms with Crippen LogP contribution in [0.25, 0.3) is 0 Å². The van der Waals surface area contributed by atoms with E-state index in [1.54, 1.807) is 49.4 Å². The topological polar surface area (TPSA) is 160 Å². The first-order valence-electron chi connectivity index (χ1n) is 13.3. The number of hydrogen-bond acceptors (Lipinski definition) is 9. The number of nitrogens with one attached hydrogen (secondary N) is 1. The lowest BCUT2D eigenvalue weighted by Gasteiger charge is -2.30. The molecular formula is C29H29N3O8S2. The van der Waals surface area contributed by atoms with Gasteiger partial charge < -0.3 is 9.84 Å². The molecule has 1 aliphatic heterocycles. The van der Waals surface area contributed by atoms with E-state index in [-0.39, 0.29) is 33.5 Å². The van der Waals surface area contributed by atoms with Crippen molar-refractivity contribution in [1.29, 1.82) is 0 Å². The standard InChI is InChI=1S/C29H29N3O8S2/c1-2-32(42(38,39)22-10-4-3-5-11-22)18-24-27(33)28(34)26(29(35)40-24)25(19-13-14-19)20-8-6-9-21(16-20)31-41(36,37)23-12-7-15-30-17-23/h3-12,15-17,19,24-25,31,34H,2,13-14,18H2,1H3. The van der Waals surface area contributed by atoms with Crippen molar-refractivity contribution in [2.24, 2.45) is 5.92 Å². The number of likely N-dealkylation sites (N-methyl/N-ethyl adjacent to an activating group) is 1. The van der Waals surface area contributed by atoms with E-state index in [4.69, 9.17) is 4.74 Å². The number of benzene rings is 2. The normalized spacial score (nSPS) is 18.6. The number of pyridine rings is 1. The van der Waals surface area contributed by atoms with Gasteiger partial charge in [0, 0.05) is 30.5 Å². The molecule has 2 aromatic carbocycles. The molecule has 2 unspecified atom stereocenters. The van der Waals surface area contributed by atoms with Crippen LogP contribution >= 0.6 is 0 Å². The summed E-state index contributed by atoms with van der Waals surface area (Å²) in [6.45, 7) is 1.13. The fourth-order valence-corrected chi connectivity index (χ4v) is 7.45. The number of ketones is 1. The van der Waals surface area contributed by atoms with Crippen molar-refractivity contribution < 1.29 is 36.3 Å². The molecule has 1 saturated carbocycles. The molecule has 220 valence electrons. The Balaban J connectivity index is 1.42. The van der Waals surface area contributed by atoms with Gasteiger partial charge in [0.05, 0.1) is 17.0 Å². The molecule has 2 N–H and O–H groups in total. The van der Waals surface area contributed by atoms with E-state index in [0.717, 1.165) is 17.1 Å². The van der Waals surface area contributed by atoms with Gasteiger partial charge in [0.2, 0.25) is 15.8 Å². The van der Waals surface area contributed by atoms with E-state index < -0.39 is 56.1 Å². The Bertz CT molecular complexity index is 1740. The number of nitrogens with zero attached hydrogens (tertiary/aromatic N) is 2. The van der Waals surface area contributed by atoms with Crippen LogP contribution in [0.15, 0.2) is 100 Å². The van der Waals surface area contributed by atoms with Crippen molar-refractivity contribution in [2.75, 3.05) is 17.8 Å². The van der Waals surface area contributed by atoms with Crippen molar-refractivity contribution in [3.8, 4) is 0 Å². The minimum absolute atomic E-state index is 0.00232. The van der Waals surface area contributed by atoms with Crippen LogP contribution < -0.4 is 4.72 Å². The second-order valence-electron chi connectivity index (χ2n) is 10.0. The number of carbonyl (C=O) groups excluding carboxylic acids is 2. The summed E-state index contributed by atoms with van der Waals surface area (Å²) in [5.74, 6) is -3.42. The first-order valence-corrected chi connectivity index (χ1v) is 16.2. The van der Waals surface area contributed by atoms with Crippen molar-refractivity contribution in [2.45, 2.75) is 41.6 Å². The fraction of sp³-hybridized carbons (Fsp3) is 0.276. The number of hydrogen-bond donors (Lipinski definition) is 2. The molecule has 2 atom stereocenters. The fourth-order valence-electron chi connectivity index (χ4n) is 4.97. The number of anilines is 1. The van der Waals surface area contributed by atoms with E-state index >= 15 is 0 Å². The number of esters is 1. The monoisotopic (exact) mass is 611 g/mol. The molecule has 0 spiro atoms. The molecule has 42 heavy (non-hydrogen) atoms. The molecule has 0 radical (unpaired) electrons. The van der Waals surface area contributed by atoms with Crippen molar-refractivity contribution in [3.63, 3.8) is 0 Å². The van der Waals surface area contributed by atoms with Gasteiger partial charge in [0.1, 0.15) is 4.90 Å². The van der Waals surface area contributed by atoms with Gasteiger partial charge >= 0.3 is 5.97 Å². The van der Waals surface area contributed by atoms with Crippen LogP contribution in [0.3, 0.4) is 0 Å². The molecule has 11 nitrogen and oxygen atoms in total. The number of carbonyl (C=O) groups is 2. The number of aliphatic hydroxyl groups excluding tert-OH is 1. The predicted octanol–water partition coefficient (Wildman–Crippen LogP) is 3.39. The molecule has 1 aliphatic carbocycles.